The number of carboxylic acids is 1. The highest BCUT2D eigenvalue weighted by Gasteiger charge is 2.71. The average molecular weight is 375 g/mol. The monoisotopic (exact) mass is 375 g/mol. The molecule has 3 heterocycles. The molecular formula is C23H21NO4. The van der Waals surface area contributed by atoms with E-state index in [1.54, 1.807) is 11.0 Å². The van der Waals surface area contributed by atoms with Gasteiger partial charge in [0.05, 0.1) is 23.8 Å². The summed E-state index contributed by atoms with van der Waals surface area (Å²) in [6.07, 6.45) is 3.72. The predicted octanol–water partition coefficient (Wildman–Crippen LogP) is 3.55. The van der Waals surface area contributed by atoms with E-state index < -0.39 is 29.5 Å². The topological polar surface area (TPSA) is 66.8 Å². The van der Waals surface area contributed by atoms with Crippen molar-refractivity contribution in [2.75, 3.05) is 4.90 Å². The Bertz CT molecular complexity index is 1050. The van der Waals surface area contributed by atoms with E-state index in [9.17, 15) is 14.7 Å². The number of ether oxygens (including phenoxy) is 1. The number of carbonyl (C=O) groups excluding carboxylic acids is 1. The fourth-order valence-corrected chi connectivity index (χ4v) is 5.22. The van der Waals surface area contributed by atoms with Gasteiger partial charge in [-0.1, -0.05) is 54.1 Å². The van der Waals surface area contributed by atoms with Crippen LogP contribution >= 0.6 is 0 Å². The largest absolute Gasteiger partial charge is 0.481 e. The molecule has 0 aliphatic carbocycles. The Morgan fingerprint density at radius 1 is 1.25 bits per heavy atom. The van der Waals surface area contributed by atoms with Crippen molar-refractivity contribution < 1.29 is 19.4 Å². The lowest BCUT2D eigenvalue weighted by molar-refractivity contribution is -0.146. The van der Waals surface area contributed by atoms with Crippen molar-refractivity contribution in [3.05, 3.63) is 66.8 Å². The minimum absolute atomic E-state index is 0.179. The molecule has 3 aliphatic heterocycles. The third kappa shape index (κ3) is 2.11. The second-order valence-corrected chi connectivity index (χ2v) is 8.02. The van der Waals surface area contributed by atoms with Crippen LogP contribution < -0.4 is 4.90 Å². The smallest absolute Gasteiger partial charge is 0.310 e. The van der Waals surface area contributed by atoms with Gasteiger partial charge < -0.3 is 14.7 Å². The zero-order valence-corrected chi connectivity index (χ0v) is 15.5. The maximum absolute atomic E-state index is 13.6. The first kappa shape index (κ1) is 17.2. The SMILES string of the molecule is C=C(C)C[C@@H]1N(c2cccc3ccccc23)C(=O)[C@@H]2[C@H](C(=O)O)[C@@H]3C=C[C@]21O3. The summed E-state index contributed by atoms with van der Waals surface area (Å²) in [7, 11) is 0. The Balaban J connectivity index is 1.71. The maximum Gasteiger partial charge on any atom is 0.310 e. The molecule has 142 valence electrons. The number of aliphatic carboxylic acids is 1. The Kier molecular flexibility index (Phi) is 3.55. The molecule has 28 heavy (non-hydrogen) atoms. The zero-order valence-electron chi connectivity index (χ0n) is 15.5. The highest BCUT2D eigenvalue weighted by Crippen LogP contribution is 2.57. The summed E-state index contributed by atoms with van der Waals surface area (Å²) < 4.78 is 6.21. The molecule has 2 saturated heterocycles. The lowest BCUT2D eigenvalue weighted by atomic mass is 9.74. The third-order valence-corrected chi connectivity index (χ3v) is 6.27. The van der Waals surface area contributed by atoms with Gasteiger partial charge in [0.25, 0.3) is 0 Å². The van der Waals surface area contributed by atoms with Gasteiger partial charge in [-0.25, -0.2) is 0 Å². The number of benzene rings is 2. The van der Waals surface area contributed by atoms with Gasteiger partial charge in [-0.15, -0.1) is 6.58 Å². The molecule has 2 bridgehead atoms. The summed E-state index contributed by atoms with van der Waals surface area (Å²) in [6.45, 7) is 5.97. The zero-order chi connectivity index (χ0) is 19.6. The fraction of sp³-hybridized carbons (Fsp3) is 0.304. The number of hydrogen-bond acceptors (Lipinski definition) is 3. The van der Waals surface area contributed by atoms with Crippen LogP contribution in [0.4, 0.5) is 5.69 Å². The molecule has 0 saturated carbocycles. The van der Waals surface area contributed by atoms with Crippen molar-refractivity contribution >= 4 is 28.3 Å². The molecule has 0 aromatic heterocycles. The van der Waals surface area contributed by atoms with E-state index >= 15 is 0 Å². The van der Waals surface area contributed by atoms with Crippen LogP contribution in [0.1, 0.15) is 13.3 Å². The van der Waals surface area contributed by atoms with Gasteiger partial charge >= 0.3 is 5.97 Å². The van der Waals surface area contributed by atoms with Gasteiger partial charge in [-0.05, 0) is 24.8 Å². The van der Waals surface area contributed by atoms with Crippen molar-refractivity contribution in [1.82, 2.24) is 0 Å². The van der Waals surface area contributed by atoms with Crippen LogP contribution in [0, 0.1) is 11.8 Å². The highest BCUT2D eigenvalue weighted by atomic mass is 16.5. The van der Waals surface area contributed by atoms with Crippen LogP contribution in [0.5, 0.6) is 0 Å². The van der Waals surface area contributed by atoms with Crippen molar-refractivity contribution in [2.45, 2.75) is 31.1 Å². The number of fused-ring (bicyclic) bond motifs is 2. The fourth-order valence-electron chi connectivity index (χ4n) is 5.22. The van der Waals surface area contributed by atoms with Crippen molar-refractivity contribution in [3.8, 4) is 0 Å². The van der Waals surface area contributed by atoms with Gasteiger partial charge in [-0.2, -0.15) is 0 Å². The molecule has 1 N–H and O–H groups in total. The molecule has 5 atom stereocenters. The molecule has 1 amide bonds. The summed E-state index contributed by atoms with van der Waals surface area (Å²) in [5, 5.41) is 11.8. The summed E-state index contributed by atoms with van der Waals surface area (Å²) >= 11 is 0. The summed E-state index contributed by atoms with van der Waals surface area (Å²) in [5.74, 6) is -2.74. The van der Waals surface area contributed by atoms with Crippen LogP contribution in [0.2, 0.25) is 0 Å². The Hall–Kier alpha value is -2.92. The van der Waals surface area contributed by atoms with Gasteiger partial charge in [0.2, 0.25) is 5.91 Å². The molecule has 2 aromatic carbocycles. The van der Waals surface area contributed by atoms with E-state index in [-0.39, 0.29) is 11.9 Å². The number of rotatable bonds is 4. The second-order valence-electron chi connectivity index (χ2n) is 8.02. The van der Waals surface area contributed by atoms with Gasteiger partial charge in [0.15, 0.2) is 0 Å². The van der Waals surface area contributed by atoms with Crippen LogP contribution in [-0.2, 0) is 14.3 Å². The molecule has 0 unspecified atom stereocenters. The van der Waals surface area contributed by atoms with E-state index in [4.69, 9.17) is 4.74 Å². The number of amides is 1. The first-order valence-electron chi connectivity index (χ1n) is 9.49. The van der Waals surface area contributed by atoms with Crippen LogP contribution in [0.15, 0.2) is 66.8 Å². The van der Waals surface area contributed by atoms with Crippen molar-refractivity contribution in [1.29, 1.82) is 0 Å². The lowest BCUT2D eigenvalue weighted by Gasteiger charge is -2.34. The summed E-state index contributed by atoms with van der Waals surface area (Å²) in [6, 6.07) is 13.4. The van der Waals surface area contributed by atoms with E-state index in [2.05, 4.69) is 6.58 Å². The maximum atomic E-state index is 13.6. The third-order valence-electron chi connectivity index (χ3n) is 6.27. The standard InChI is InChI=1S/C23H21NO4/c1-13(2)12-18-23-11-10-17(28-23)19(22(26)27)20(23)21(25)24(18)16-9-5-7-14-6-3-4-8-15(14)16/h3-11,17-20H,1,12H2,2H3,(H,26,27)/t17-,18-,19+,20-,23+/m0/s1. The number of nitrogens with zero attached hydrogens (tertiary/aromatic N) is 1. The van der Waals surface area contributed by atoms with Crippen LogP contribution in [0.3, 0.4) is 0 Å². The first-order chi connectivity index (χ1) is 13.4. The van der Waals surface area contributed by atoms with E-state index in [0.29, 0.717) is 6.42 Å². The van der Waals surface area contributed by atoms with Gasteiger partial charge in [-0.3, -0.25) is 9.59 Å². The molecule has 2 aromatic rings. The lowest BCUT2D eigenvalue weighted by Crippen LogP contribution is -2.45. The number of anilines is 1. The highest BCUT2D eigenvalue weighted by molar-refractivity contribution is 6.09. The second kappa shape index (κ2) is 5.79. The van der Waals surface area contributed by atoms with E-state index in [1.165, 1.54) is 0 Å². The first-order valence-corrected chi connectivity index (χ1v) is 9.49. The van der Waals surface area contributed by atoms with Crippen LogP contribution in [0.25, 0.3) is 10.8 Å². The Labute approximate surface area is 162 Å². The molecule has 5 rings (SSSR count). The van der Waals surface area contributed by atoms with Gasteiger partial charge in [0, 0.05) is 5.39 Å². The minimum Gasteiger partial charge on any atom is -0.481 e. The van der Waals surface area contributed by atoms with E-state index in [0.717, 1.165) is 22.0 Å². The molecule has 3 aliphatic rings. The van der Waals surface area contributed by atoms with Crippen molar-refractivity contribution in [2.24, 2.45) is 11.8 Å². The molecule has 5 nitrogen and oxygen atoms in total. The molecule has 2 fully saturated rings. The predicted molar refractivity (Wildman–Crippen MR) is 106 cm³/mol. The minimum atomic E-state index is -0.983. The van der Waals surface area contributed by atoms with Crippen molar-refractivity contribution in [3.63, 3.8) is 0 Å². The van der Waals surface area contributed by atoms with E-state index in [1.807, 2.05) is 55.5 Å². The number of carbonyl (C=O) groups is 2. The van der Waals surface area contributed by atoms with Gasteiger partial charge in [0.1, 0.15) is 11.5 Å². The Morgan fingerprint density at radius 2 is 2.00 bits per heavy atom. The quantitative estimate of drug-likeness (QED) is 0.830. The molecule has 0 radical (unpaired) electrons. The molecule has 5 heteroatoms. The normalized spacial score (nSPS) is 32.9. The number of carboxylic acid groups (broad SMARTS) is 1. The summed E-state index contributed by atoms with van der Waals surface area (Å²) in [5.41, 5.74) is 0.806. The molecule has 1 spiro atoms. The summed E-state index contributed by atoms with van der Waals surface area (Å²) in [4.78, 5) is 27.4. The molecular weight excluding hydrogens is 354 g/mol. The average Bonchev–Trinajstić information content (AvgIpc) is 3.30. The Morgan fingerprint density at radius 3 is 2.75 bits per heavy atom. The number of hydrogen-bond donors (Lipinski definition) is 1. The van der Waals surface area contributed by atoms with Crippen LogP contribution in [-0.4, -0.2) is 34.7 Å².